The maximum absolute atomic E-state index is 13.6. The van der Waals surface area contributed by atoms with Crippen LogP contribution in [0.25, 0.3) is 0 Å². The van der Waals surface area contributed by atoms with E-state index < -0.39 is 22.2 Å². The molecule has 1 amide bonds. The number of sulfonamides is 1. The van der Waals surface area contributed by atoms with Gasteiger partial charge in [0.1, 0.15) is 0 Å². The highest BCUT2D eigenvalue weighted by Crippen LogP contribution is 2.33. The Hall–Kier alpha value is -2.79. The molecule has 0 unspecified atom stereocenters. The van der Waals surface area contributed by atoms with Gasteiger partial charge in [-0.3, -0.25) is 4.31 Å². The molecular weight excluding hydrogens is 515 g/mol. The van der Waals surface area contributed by atoms with Crippen LogP contribution in [0.4, 0.5) is 10.5 Å². The van der Waals surface area contributed by atoms with E-state index in [9.17, 15) is 18.3 Å². The molecule has 0 aliphatic rings. The lowest BCUT2D eigenvalue weighted by Crippen LogP contribution is -2.40. The number of anilines is 1. The van der Waals surface area contributed by atoms with Gasteiger partial charge in [-0.25, -0.2) is 18.2 Å². The van der Waals surface area contributed by atoms with Gasteiger partial charge in [-0.15, -0.1) is 0 Å². The molecule has 0 bridgehead atoms. The average molecular weight is 541 g/mol. The topological polar surface area (TPSA) is 114 Å². The van der Waals surface area contributed by atoms with Crippen molar-refractivity contribution in [1.29, 1.82) is 0 Å². The minimum absolute atomic E-state index is 0.0239. The Kier molecular flexibility index (Phi) is 9.39. The third-order valence-corrected chi connectivity index (χ3v) is 7.62. The highest BCUT2D eigenvalue weighted by Gasteiger charge is 2.31. The average Bonchev–Trinajstić information content (AvgIpc) is 3.33. The number of alkyl carbamates (subject to hydrolysis) is 1. The normalized spacial score (nSPS) is 12.2. The predicted molar refractivity (Wildman–Crippen MR) is 134 cm³/mol. The summed E-state index contributed by atoms with van der Waals surface area (Å²) in [7, 11) is -4.07. The summed E-state index contributed by atoms with van der Waals surface area (Å²) in [6.45, 7) is 2.17. The zero-order valence-electron chi connectivity index (χ0n) is 19.0. The molecule has 3 rings (SSSR count). The first-order chi connectivity index (χ1) is 16.7. The highest BCUT2D eigenvalue weighted by molar-refractivity contribution is 7.92. The Morgan fingerprint density at radius 3 is 2.57 bits per heavy atom. The number of aliphatic hydroxyl groups is 1. The first kappa shape index (κ1) is 26.8. The number of hydrogen-bond acceptors (Lipinski definition) is 6. The molecule has 0 saturated carbocycles. The third kappa shape index (κ3) is 7.11. The molecule has 1 aromatic heterocycles. The van der Waals surface area contributed by atoms with Gasteiger partial charge in [0.2, 0.25) is 0 Å². The van der Waals surface area contributed by atoms with Crippen LogP contribution in [0.1, 0.15) is 18.9 Å². The van der Waals surface area contributed by atoms with Gasteiger partial charge in [0.15, 0.2) is 0 Å². The van der Waals surface area contributed by atoms with E-state index in [0.29, 0.717) is 28.7 Å². The second-order valence-electron chi connectivity index (χ2n) is 7.69. The highest BCUT2D eigenvalue weighted by atomic mass is 35.5. The first-order valence-corrected chi connectivity index (χ1v) is 13.0. The largest absolute Gasteiger partial charge is 0.449 e. The molecule has 0 spiro atoms. The molecular formula is C23H26Cl2N4O5S. The fourth-order valence-corrected chi connectivity index (χ4v) is 5.40. The smallest absolute Gasteiger partial charge is 0.407 e. The van der Waals surface area contributed by atoms with E-state index in [4.69, 9.17) is 27.9 Å². The van der Waals surface area contributed by atoms with Crippen molar-refractivity contribution in [2.45, 2.75) is 37.4 Å². The van der Waals surface area contributed by atoms with Crippen molar-refractivity contribution < 1.29 is 23.1 Å². The summed E-state index contributed by atoms with van der Waals surface area (Å²) in [5.41, 5.74) is 0.629. The Bertz CT molecular complexity index is 1220. The lowest BCUT2D eigenvalue weighted by molar-refractivity contribution is 0.143. The van der Waals surface area contributed by atoms with Crippen LogP contribution in [0.15, 0.2) is 66.1 Å². The summed E-state index contributed by atoms with van der Waals surface area (Å²) in [5.74, 6) is 0. The number of halogens is 2. The molecule has 0 aliphatic carbocycles. The molecule has 0 saturated heterocycles. The number of ether oxygens (including phenoxy) is 1. The van der Waals surface area contributed by atoms with Crippen LogP contribution in [0.2, 0.25) is 10.0 Å². The van der Waals surface area contributed by atoms with Gasteiger partial charge in [0.25, 0.3) is 10.0 Å². The van der Waals surface area contributed by atoms with Crippen LogP contribution in [0, 0.1) is 0 Å². The van der Waals surface area contributed by atoms with Crippen LogP contribution in [0.5, 0.6) is 0 Å². The second-order valence-corrected chi connectivity index (χ2v) is 10.4. The van der Waals surface area contributed by atoms with E-state index in [-0.39, 0.29) is 30.2 Å². The molecule has 2 aromatic carbocycles. The molecule has 0 aliphatic heterocycles. The molecule has 1 heterocycles. The van der Waals surface area contributed by atoms with Crippen molar-refractivity contribution in [3.63, 3.8) is 0 Å². The van der Waals surface area contributed by atoms with Gasteiger partial charge in [0, 0.05) is 53.6 Å². The monoisotopic (exact) mass is 540 g/mol. The van der Waals surface area contributed by atoms with E-state index in [2.05, 4.69) is 10.3 Å². The summed E-state index contributed by atoms with van der Waals surface area (Å²) in [5, 5.41) is 13.2. The van der Waals surface area contributed by atoms with Gasteiger partial charge >= 0.3 is 6.09 Å². The third-order valence-electron chi connectivity index (χ3n) is 5.19. The predicted octanol–water partition coefficient (Wildman–Crippen LogP) is 4.08. The number of nitrogens with zero attached hydrogens (tertiary/aromatic N) is 3. The lowest BCUT2D eigenvalue weighted by Gasteiger charge is -2.32. The van der Waals surface area contributed by atoms with Crippen LogP contribution < -0.4 is 9.62 Å². The number of benzene rings is 2. The number of aromatic nitrogens is 2. The molecule has 12 heteroatoms. The Morgan fingerprint density at radius 1 is 1.20 bits per heavy atom. The molecule has 0 radical (unpaired) electrons. The van der Waals surface area contributed by atoms with Gasteiger partial charge in [-0.1, -0.05) is 29.3 Å². The van der Waals surface area contributed by atoms with Crippen molar-refractivity contribution >= 4 is 45.0 Å². The molecule has 0 fully saturated rings. The molecule has 188 valence electrons. The zero-order chi connectivity index (χ0) is 25.4. The van der Waals surface area contributed by atoms with E-state index in [1.807, 2.05) is 4.57 Å². The van der Waals surface area contributed by atoms with Gasteiger partial charge in [-0.2, -0.15) is 0 Å². The fourth-order valence-electron chi connectivity index (χ4n) is 3.40. The summed E-state index contributed by atoms with van der Waals surface area (Å²) in [4.78, 5) is 16.0. The Morgan fingerprint density at radius 2 is 1.91 bits per heavy atom. The molecule has 3 aromatic rings. The quantitative estimate of drug-likeness (QED) is 0.378. The van der Waals surface area contributed by atoms with Crippen molar-refractivity contribution in [2.75, 3.05) is 17.5 Å². The molecule has 9 nitrogen and oxygen atoms in total. The van der Waals surface area contributed by atoms with Gasteiger partial charge < -0.3 is 19.7 Å². The second kappa shape index (κ2) is 12.3. The van der Waals surface area contributed by atoms with Crippen LogP contribution in [-0.4, -0.2) is 48.4 Å². The van der Waals surface area contributed by atoms with E-state index >= 15 is 0 Å². The number of nitrogens with one attached hydrogen (secondary N) is 1. The zero-order valence-corrected chi connectivity index (χ0v) is 21.3. The van der Waals surface area contributed by atoms with E-state index in [1.165, 1.54) is 34.6 Å². The van der Waals surface area contributed by atoms with Gasteiger partial charge in [0.05, 0.1) is 30.1 Å². The SMILES string of the molecule is C[C@H](CCOC(=O)NCCn1ccnc1)N(c1cc(Cl)ccc1CO)S(=O)(=O)c1ccc(Cl)cc1. The van der Waals surface area contributed by atoms with Crippen LogP contribution in [-0.2, 0) is 27.9 Å². The Balaban J connectivity index is 1.74. The Labute approximate surface area is 214 Å². The van der Waals surface area contributed by atoms with Crippen LogP contribution in [0.3, 0.4) is 0 Å². The van der Waals surface area contributed by atoms with Crippen molar-refractivity contribution in [3.8, 4) is 0 Å². The fraction of sp³-hybridized carbons (Fsp3) is 0.304. The van der Waals surface area contributed by atoms with Crippen molar-refractivity contribution in [1.82, 2.24) is 14.9 Å². The first-order valence-electron chi connectivity index (χ1n) is 10.8. The van der Waals surface area contributed by atoms with E-state index in [0.717, 1.165) is 0 Å². The minimum Gasteiger partial charge on any atom is -0.449 e. The number of carbonyl (C=O) groups excluding carboxylic acids is 1. The minimum atomic E-state index is -4.07. The number of aliphatic hydroxyl groups excluding tert-OH is 1. The molecule has 1 atom stereocenters. The maximum Gasteiger partial charge on any atom is 0.407 e. The summed E-state index contributed by atoms with van der Waals surface area (Å²) < 4.78 is 35.5. The molecule has 2 N–H and O–H groups in total. The lowest BCUT2D eigenvalue weighted by atomic mass is 10.1. The van der Waals surface area contributed by atoms with E-state index in [1.54, 1.807) is 37.8 Å². The summed E-state index contributed by atoms with van der Waals surface area (Å²) in [6.07, 6.45) is 4.65. The number of rotatable bonds is 11. The van der Waals surface area contributed by atoms with Crippen molar-refractivity contribution in [3.05, 3.63) is 76.8 Å². The van der Waals surface area contributed by atoms with Crippen molar-refractivity contribution in [2.24, 2.45) is 0 Å². The number of amides is 1. The van der Waals surface area contributed by atoms with Gasteiger partial charge in [-0.05, 0) is 43.3 Å². The number of imidazole rings is 1. The van der Waals surface area contributed by atoms with Crippen LogP contribution >= 0.6 is 23.2 Å². The standard InChI is InChI=1S/C23H26Cl2N4O5S/c1-17(8-13-34-23(31)27-10-12-28-11-9-26-16-28)29(22-14-20(25)3-2-18(22)15-30)35(32,33)21-6-4-19(24)5-7-21/h2-7,9,11,14,16-17,30H,8,10,12-13,15H2,1H3,(H,27,31)/t17-/m1/s1. The summed E-state index contributed by atoms with van der Waals surface area (Å²) >= 11 is 12.1. The summed E-state index contributed by atoms with van der Waals surface area (Å²) in [6, 6.07) is 9.78. The number of carbonyl (C=O) groups is 1. The maximum atomic E-state index is 13.6. The number of hydrogen-bond donors (Lipinski definition) is 2. The molecule has 35 heavy (non-hydrogen) atoms.